The number of hydrogen-bond acceptors (Lipinski definition) is 4. The van der Waals surface area contributed by atoms with Gasteiger partial charge < -0.3 is 9.47 Å². The van der Waals surface area contributed by atoms with Crippen molar-refractivity contribution in [3.8, 4) is 11.3 Å². The van der Waals surface area contributed by atoms with Gasteiger partial charge in [-0.2, -0.15) is 5.10 Å². The van der Waals surface area contributed by atoms with Crippen LogP contribution < -0.4 is 4.90 Å². The summed E-state index contributed by atoms with van der Waals surface area (Å²) in [6.07, 6.45) is 8.13. The molecule has 27 heavy (non-hydrogen) atoms. The van der Waals surface area contributed by atoms with Crippen LogP contribution in [-0.4, -0.2) is 50.8 Å². The molecule has 6 heteroatoms. The Hall–Kier alpha value is -2.60. The molecule has 1 N–H and O–H groups in total. The maximum atomic E-state index is 4.52. The quantitative estimate of drug-likeness (QED) is 0.728. The van der Waals surface area contributed by atoms with Gasteiger partial charge in [0.15, 0.2) is 0 Å². The van der Waals surface area contributed by atoms with E-state index in [-0.39, 0.29) is 0 Å². The fraction of sp³-hybridized carbons (Fsp3) is 0.429. The molecule has 3 aromatic rings. The van der Waals surface area contributed by atoms with Crippen molar-refractivity contribution in [1.29, 1.82) is 0 Å². The Morgan fingerprint density at radius 1 is 1.11 bits per heavy atom. The third-order valence-corrected chi connectivity index (χ3v) is 5.67. The van der Waals surface area contributed by atoms with E-state index in [1.165, 1.54) is 24.1 Å². The molecule has 1 aromatic carbocycles. The summed E-state index contributed by atoms with van der Waals surface area (Å²) in [6.45, 7) is 6.27. The normalized spacial score (nSPS) is 15.6. The van der Waals surface area contributed by atoms with Crippen LogP contribution in [0.2, 0.25) is 0 Å². The molecule has 3 heterocycles. The highest BCUT2D eigenvalue weighted by Crippen LogP contribution is 2.25. The minimum atomic E-state index is 0.618. The van der Waals surface area contributed by atoms with Crippen molar-refractivity contribution >= 4 is 5.69 Å². The first-order valence-corrected chi connectivity index (χ1v) is 9.79. The Labute approximate surface area is 160 Å². The van der Waals surface area contributed by atoms with E-state index in [0.29, 0.717) is 6.04 Å². The van der Waals surface area contributed by atoms with Gasteiger partial charge >= 0.3 is 0 Å². The SMILES string of the molecule is CCn1ccnc1CN(C)C1CCN(c2ccc(-c3ccn[nH]3)cc2)CC1. The summed E-state index contributed by atoms with van der Waals surface area (Å²) in [5, 5.41) is 7.05. The summed E-state index contributed by atoms with van der Waals surface area (Å²) in [6, 6.07) is 11.4. The lowest BCUT2D eigenvalue weighted by Gasteiger charge is -2.37. The van der Waals surface area contributed by atoms with E-state index < -0.39 is 0 Å². The summed E-state index contributed by atoms with van der Waals surface area (Å²) >= 11 is 0. The molecule has 1 aliphatic heterocycles. The van der Waals surface area contributed by atoms with E-state index in [1.807, 2.05) is 12.3 Å². The van der Waals surface area contributed by atoms with Crippen molar-refractivity contribution in [1.82, 2.24) is 24.6 Å². The zero-order valence-corrected chi connectivity index (χ0v) is 16.2. The molecule has 1 fully saturated rings. The first-order valence-electron chi connectivity index (χ1n) is 9.79. The van der Waals surface area contributed by atoms with Gasteiger partial charge in [0, 0.05) is 50.0 Å². The molecule has 0 unspecified atom stereocenters. The minimum absolute atomic E-state index is 0.618. The van der Waals surface area contributed by atoms with Crippen molar-refractivity contribution in [2.75, 3.05) is 25.0 Å². The molecule has 4 rings (SSSR count). The second-order valence-electron chi connectivity index (χ2n) is 7.28. The average molecular weight is 364 g/mol. The van der Waals surface area contributed by atoms with Crippen LogP contribution in [0.25, 0.3) is 11.3 Å². The van der Waals surface area contributed by atoms with Crippen molar-refractivity contribution in [3.05, 3.63) is 54.7 Å². The molecule has 0 spiro atoms. The van der Waals surface area contributed by atoms with Crippen molar-refractivity contribution in [3.63, 3.8) is 0 Å². The fourth-order valence-electron chi connectivity index (χ4n) is 3.97. The molecule has 2 aromatic heterocycles. The predicted octanol–water partition coefficient (Wildman–Crippen LogP) is 3.39. The number of aromatic nitrogens is 4. The molecule has 6 nitrogen and oxygen atoms in total. The lowest BCUT2D eigenvalue weighted by Crippen LogP contribution is -2.43. The summed E-state index contributed by atoms with van der Waals surface area (Å²) < 4.78 is 2.23. The standard InChI is InChI=1S/C21H28N6/c1-3-26-15-12-22-21(26)16-25(2)18-9-13-27(14-10-18)19-6-4-17(5-7-19)20-8-11-23-24-20/h4-8,11-12,15,18H,3,9-10,13-14,16H2,1-2H3,(H,23,24). The number of anilines is 1. The third-order valence-electron chi connectivity index (χ3n) is 5.67. The molecule has 0 bridgehead atoms. The van der Waals surface area contributed by atoms with Crippen molar-refractivity contribution in [2.45, 2.75) is 38.9 Å². The van der Waals surface area contributed by atoms with Gasteiger partial charge in [-0.15, -0.1) is 0 Å². The topological polar surface area (TPSA) is 53.0 Å². The Balaban J connectivity index is 1.33. The van der Waals surface area contributed by atoms with Gasteiger partial charge in [0.25, 0.3) is 0 Å². The molecular weight excluding hydrogens is 336 g/mol. The predicted molar refractivity (Wildman–Crippen MR) is 109 cm³/mol. The summed E-state index contributed by atoms with van der Waals surface area (Å²) in [7, 11) is 2.23. The van der Waals surface area contributed by atoms with E-state index in [9.17, 15) is 0 Å². The van der Waals surface area contributed by atoms with Gasteiger partial charge in [-0.1, -0.05) is 12.1 Å². The smallest absolute Gasteiger partial charge is 0.122 e. The molecule has 0 radical (unpaired) electrons. The largest absolute Gasteiger partial charge is 0.371 e. The lowest BCUT2D eigenvalue weighted by molar-refractivity contribution is 0.194. The highest BCUT2D eigenvalue weighted by atomic mass is 15.2. The van der Waals surface area contributed by atoms with Gasteiger partial charge in [-0.3, -0.25) is 10.00 Å². The first kappa shape index (κ1) is 17.8. The van der Waals surface area contributed by atoms with Crippen LogP contribution in [0.3, 0.4) is 0 Å². The number of imidazole rings is 1. The Kier molecular flexibility index (Phi) is 5.25. The number of aryl methyl sites for hydroxylation is 1. The number of H-pyrrole nitrogens is 1. The van der Waals surface area contributed by atoms with Crippen LogP contribution >= 0.6 is 0 Å². The van der Waals surface area contributed by atoms with E-state index in [1.54, 1.807) is 6.20 Å². The maximum Gasteiger partial charge on any atom is 0.122 e. The highest BCUT2D eigenvalue weighted by Gasteiger charge is 2.23. The number of nitrogens with zero attached hydrogens (tertiary/aromatic N) is 5. The number of nitrogens with one attached hydrogen (secondary N) is 1. The van der Waals surface area contributed by atoms with Crippen LogP contribution in [0, 0.1) is 0 Å². The zero-order valence-electron chi connectivity index (χ0n) is 16.2. The fourth-order valence-corrected chi connectivity index (χ4v) is 3.97. The van der Waals surface area contributed by atoms with E-state index in [0.717, 1.165) is 37.7 Å². The molecule has 0 aliphatic carbocycles. The molecule has 142 valence electrons. The number of rotatable bonds is 6. The van der Waals surface area contributed by atoms with Gasteiger partial charge in [0.2, 0.25) is 0 Å². The zero-order chi connectivity index (χ0) is 18.6. The van der Waals surface area contributed by atoms with E-state index in [2.05, 4.69) is 74.0 Å². The summed E-state index contributed by atoms with van der Waals surface area (Å²) in [5.41, 5.74) is 3.55. The molecule has 0 atom stereocenters. The van der Waals surface area contributed by atoms with Gasteiger partial charge in [-0.05, 0) is 50.6 Å². The van der Waals surface area contributed by atoms with Crippen molar-refractivity contribution in [2.24, 2.45) is 0 Å². The highest BCUT2D eigenvalue weighted by molar-refractivity contribution is 5.62. The van der Waals surface area contributed by atoms with E-state index in [4.69, 9.17) is 0 Å². The van der Waals surface area contributed by atoms with Gasteiger partial charge in [0.1, 0.15) is 5.82 Å². The molecule has 1 aliphatic rings. The van der Waals surface area contributed by atoms with Crippen LogP contribution in [0.15, 0.2) is 48.9 Å². The average Bonchev–Trinajstić information content (AvgIpc) is 3.40. The number of hydrogen-bond donors (Lipinski definition) is 1. The van der Waals surface area contributed by atoms with Crippen LogP contribution in [0.5, 0.6) is 0 Å². The Morgan fingerprint density at radius 3 is 2.56 bits per heavy atom. The van der Waals surface area contributed by atoms with Crippen LogP contribution in [-0.2, 0) is 13.1 Å². The van der Waals surface area contributed by atoms with Gasteiger partial charge in [-0.25, -0.2) is 4.98 Å². The maximum absolute atomic E-state index is 4.52. The Bertz CT molecular complexity index is 828. The molecular formula is C21H28N6. The first-order chi connectivity index (χ1) is 13.2. The minimum Gasteiger partial charge on any atom is -0.371 e. The molecule has 0 saturated carbocycles. The monoisotopic (exact) mass is 364 g/mol. The Morgan fingerprint density at radius 2 is 1.89 bits per heavy atom. The molecule has 1 saturated heterocycles. The third kappa shape index (κ3) is 3.90. The van der Waals surface area contributed by atoms with Crippen LogP contribution in [0.1, 0.15) is 25.6 Å². The van der Waals surface area contributed by atoms with Crippen molar-refractivity contribution < 1.29 is 0 Å². The number of benzene rings is 1. The summed E-state index contributed by atoms with van der Waals surface area (Å²) in [5.74, 6) is 1.16. The van der Waals surface area contributed by atoms with Gasteiger partial charge in [0.05, 0.1) is 12.2 Å². The van der Waals surface area contributed by atoms with E-state index >= 15 is 0 Å². The second-order valence-corrected chi connectivity index (χ2v) is 7.28. The summed E-state index contributed by atoms with van der Waals surface area (Å²) in [4.78, 5) is 9.48. The number of piperidine rings is 1. The molecule has 0 amide bonds. The number of aromatic amines is 1. The second kappa shape index (κ2) is 7.96. The lowest BCUT2D eigenvalue weighted by atomic mass is 10.0. The van der Waals surface area contributed by atoms with Crippen LogP contribution in [0.4, 0.5) is 5.69 Å².